The van der Waals surface area contributed by atoms with Gasteiger partial charge >= 0.3 is 0 Å². The Kier molecular flexibility index (Phi) is 4.21. The summed E-state index contributed by atoms with van der Waals surface area (Å²) in [5.41, 5.74) is 3.83. The van der Waals surface area contributed by atoms with Crippen LogP contribution >= 0.6 is 0 Å². The maximum atomic E-state index is 4.44. The van der Waals surface area contributed by atoms with Crippen molar-refractivity contribution in [3.05, 3.63) is 17.0 Å². The molecule has 1 saturated carbocycles. The molecule has 0 amide bonds. The highest BCUT2D eigenvalue weighted by molar-refractivity contribution is 5.23. The topological polar surface area (TPSA) is 29.9 Å². The lowest BCUT2D eigenvalue weighted by Crippen LogP contribution is -2.17. The Labute approximate surface area is 105 Å². The number of rotatable bonds is 5. The second-order valence-electron chi connectivity index (χ2n) is 5.39. The maximum Gasteiger partial charge on any atom is 0.0641 e. The zero-order valence-electron chi connectivity index (χ0n) is 11.4. The van der Waals surface area contributed by atoms with Gasteiger partial charge in [0.2, 0.25) is 0 Å². The molecule has 3 nitrogen and oxygen atoms in total. The molecule has 3 heteroatoms. The molecule has 1 aromatic heterocycles. The Morgan fingerprint density at radius 2 is 2.00 bits per heavy atom. The highest BCUT2D eigenvalue weighted by Crippen LogP contribution is 2.26. The van der Waals surface area contributed by atoms with Gasteiger partial charge in [0.15, 0.2) is 0 Å². The van der Waals surface area contributed by atoms with Crippen molar-refractivity contribution in [3.63, 3.8) is 0 Å². The highest BCUT2D eigenvalue weighted by Gasteiger charge is 2.14. The van der Waals surface area contributed by atoms with Crippen molar-refractivity contribution in [2.45, 2.75) is 52.5 Å². The summed E-state index contributed by atoms with van der Waals surface area (Å²) in [6.07, 6.45) is 7.15. The van der Waals surface area contributed by atoms with Gasteiger partial charge in [-0.2, -0.15) is 5.10 Å². The molecule has 1 aliphatic carbocycles. The van der Waals surface area contributed by atoms with Gasteiger partial charge in [0.25, 0.3) is 0 Å². The quantitative estimate of drug-likeness (QED) is 0.795. The van der Waals surface area contributed by atoms with Gasteiger partial charge in [-0.05, 0) is 32.7 Å². The average molecular weight is 235 g/mol. The number of nitrogens with zero attached hydrogens (tertiary/aromatic N) is 2. The molecule has 0 saturated heterocycles. The Morgan fingerprint density at radius 1 is 1.29 bits per heavy atom. The molecule has 0 aromatic carbocycles. The van der Waals surface area contributed by atoms with Gasteiger partial charge < -0.3 is 5.32 Å². The summed E-state index contributed by atoms with van der Waals surface area (Å²) in [6.45, 7) is 6.37. The van der Waals surface area contributed by atoms with E-state index in [2.05, 4.69) is 24.3 Å². The molecule has 17 heavy (non-hydrogen) atoms. The van der Waals surface area contributed by atoms with Crippen LogP contribution in [0.1, 0.15) is 49.1 Å². The lowest BCUT2D eigenvalue weighted by atomic mass is 10.0. The van der Waals surface area contributed by atoms with E-state index >= 15 is 0 Å². The zero-order chi connectivity index (χ0) is 12.3. The van der Waals surface area contributed by atoms with Crippen LogP contribution in [0.4, 0.5) is 0 Å². The Bertz CT molecular complexity index is 362. The molecule has 1 aliphatic rings. The van der Waals surface area contributed by atoms with Crippen molar-refractivity contribution in [1.82, 2.24) is 15.1 Å². The van der Waals surface area contributed by atoms with Gasteiger partial charge in [0.1, 0.15) is 0 Å². The van der Waals surface area contributed by atoms with E-state index in [1.807, 2.05) is 11.7 Å². The van der Waals surface area contributed by atoms with E-state index in [9.17, 15) is 0 Å². The molecule has 1 N–H and O–H groups in total. The van der Waals surface area contributed by atoms with E-state index in [0.29, 0.717) is 0 Å². The minimum Gasteiger partial charge on any atom is -0.313 e. The third-order valence-corrected chi connectivity index (χ3v) is 4.16. The lowest BCUT2D eigenvalue weighted by molar-refractivity contribution is 0.477. The smallest absolute Gasteiger partial charge is 0.0641 e. The largest absolute Gasteiger partial charge is 0.313 e. The van der Waals surface area contributed by atoms with E-state index in [4.69, 9.17) is 0 Å². The van der Waals surface area contributed by atoms with E-state index in [1.54, 1.807) is 0 Å². The van der Waals surface area contributed by atoms with Crippen LogP contribution in [-0.4, -0.2) is 16.3 Å². The van der Waals surface area contributed by atoms with Crippen molar-refractivity contribution in [3.8, 4) is 0 Å². The SMILES string of the molecule is Cc1nn(C)c(C)c1CNCCC1CCCC1. The minimum atomic E-state index is 0.970. The van der Waals surface area contributed by atoms with E-state index < -0.39 is 0 Å². The number of hydrogen-bond donors (Lipinski definition) is 1. The van der Waals surface area contributed by atoms with E-state index in [0.717, 1.165) is 19.0 Å². The van der Waals surface area contributed by atoms with Crippen molar-refractivity contribution in [2.24, 2.45) is 13.0 Å². The maximum absolute atomic E-state index is 4.44. The third kappa shape index (κ3) is 3.09. The van der Waals surface area contributed by atoms with Crippen LogP contribution in [0.15, 0.2) is 0 Å². The summed E-state index contributed by atoms with van der Waals surface area (Å²) in [7, 11) is 2.02. The molecule has 0 radical (unpaired) electrons. The van der Waals surface area contributed by atoms with Crippen LogP contribution in [-0.2, 0) is 13.6 Å². The summed E-state index contributed by atoms with van der Waals surface area (Å²) in [5.74, 6) is 0.985. The normalized spacial score (nSPS) is 16.9. The third-order valence-electron chi connectivity index (χ3n) is 4.16. The second kappa shape index (κ2) is 5.67. The standard InChI is InChI=1S/C14H25N3/c1-11-14(12(2)17(3)16-11)10-15-9-8-13-6-4-5-7-13/h13,15H,4-10H2,1-3H3. The van der Waals surface area contributed by atoms with Crippen molar-refractivity contribution in [2.75, 3.05) is 6.54 Å². The van der Waals surface area contributed by atoms with Crippen LogP contribution in [0.25, 0.3) is 0 Å². The number of aryl methyl sites for hydroxylation is 2. The fraction of sp³-hybridized carbons (Fsp3) is 0.786. The van der Waals surface area contributed by atoms with Crippen molar-refractivity contribution >= 4 is 0 Å². The molecular formula is C14H25N3. The first kappa shape index (κ1) is 12.6. The molecule has 2 rings (SSSR count). The van der Waals surface area contributed by atoms with Gasteiger partial charge in [-0.1, -0.05) is 25.7 Å². The van der Waals surface area contributed by atoms with Crippen LogP contribution in [0.3, 0.4) is 0 Å². The van der Waals surface area contributed by atoms with Gasteiger partial charge in [-0.3, -0.25) is 4.68 Å². The fourth-order valence-electron chi connectivity index (χ4n) is 2.89. The van der Waals surface area contributed by atoms with Crippen LogP contribution in [0.2, 0.25) is 0 Å². The van der Waals surface area contributed by atoms with Gasteiger partial charge in [0.05, 0.1) is 5.69 Å². The Hall–Kier alpha value is -0.830. The predicted molar refractivity (Wildman–Crippen MR) is 71.0 cm³/mol. The number of nitrogens with one attached hydrogen (secondary N) is 1. The molecular weight excluding hydrogens is 210 g/mol. The van der Waals surface area contributed by atoms with Crippen LogP contribution in [0, 0.1) is 19.8 Å². The summed E-state index contributed by atoms with van der Waals surface area (Å²) in [4.78, 5) is 0. The van der Waals surface area contributed by atoms with E-state index in [1.165, 1.54) is 49.1 Å². The summed E-state index contributed by atoms with van der Waals surface area (Å²) >= 11 is 0. The van der Waals surface area contributed by atoms with Crippen LogP contribution < -0.4 is 5.32 Å². The molecule has 96 valence electrons. The molecule has 0 unspecified atom stereocenters. The molecule has 0 atom stereocenters. The second-order valence-corrected chi connectivity index (χ2v) is 5.39. The average Bonchev–Trinajstić information content (AvgIpc) is 2.87. The van der Waals surface area contributed by atoms with Gasteiger partial charge in [0, 0.05) is 24.8 Å². The monoisotopic (exact) mass is 235 g/mol. The molecule has 0 bridgehead atoms. The molecule has 1 aromatic rings. The molecule has 0 aliphatic heterocycles. The predicted octanol–water partition coefficient (Wildman–Crippen LogP) is 2.71. The van der Waals surface area contributed by atoms with Crippen molar-refractivity contribution in [1.29, 1.82) is 0 Å². The first-order valence-electron chi connectivity index (χ1n) is 6.88. The fourth-order valence-corrected chi connectivity index (χ4v) is 2.89. The Morgan fingerprint density at radius 3 is 2.59 bits per heavy atom. The highest BCUT2D eigenvalue weighted by atomic mass is 15.3. The number of hydrogen-bond acceptors (Lipinski definition) is 2. The number of aromatic nitrogens is 2. The Balaban J connectivity index is 1.74. The van der Waals surface area contributed by atoms with Gasteiger partial charge in [-0.25, -0.2) is 0 Å². The molecule has 1 heterocycles. The summed E-state index contributed by atoms with van der Waals surface area (Å²) < 4.78 is 1.98. The zero-order valence-corrected chi connectivity index (χ0v) is 11.4. The van der Waals surface area contributed by atoms with E-state index in [-0.39, 0.29) is 0 Å². The van der Waals surface area contributed by atoms with Crippen molar-refractivity contribution < 1.29 is 0 Å². The first-order chi connectivity index (χ1) is 8.18. The molecule has 1 fully saturated rings. The lowest BCUT2D eigenvalue weighted by Gasteiger charge is -2.10. The first-order valence-corrected chi connectivity index (χ1v) is 6.88. The summed E-state index contributed by atoms with van der Waals surface area (Å²) in [5, 5.41) is 8.01. The molecule has 0 spiro atoms. The summed E-state index contributed by atoms with van der Waals surface area (Å²) in [6, 6.07) is 0. The van der Waals surface area contributed by atoms with Crippen LogP contribution in [0.5, 0.6) is 0 Å². The minimum absolute atomic E-state index is 0.970. The van der Waals surface area contributed by atoms with Gasteiger partial charge in [-0.15, -0.1) is 0 Å².